The van der Waals surface area contributed by atoms with Crippen LogP contribution in [0.5, 0.6) is 5.75 Å². The van der Waals surface area contributed by atoms with Gasteiger partial charge in [0.05, 0.1) is 36.1 Å². The molecule has 2 aromatic carbocycles. The van der Waals surface area contributed by atoms with Gasteiger partial charge in [-0.15, -0.1) is 0 Å². The molecule has 0 radical (unpaired) electrons. The summed E-state index contributed by atoms with van der Waals surface area (Å²) in [7, 11) is 1.64. The summed E-state index contributed by atoms with van der Waals surface area (Å²) in [5, 5.41) is 3.42. The van der Waals surface area contributed by atoms with Gasteiger partial charge in [-0.25, -0.2) is 9.97 Å². The fourth-order valence-electron chi connectivity index (χ4n) is 2.87. The van der Waals surface area contributed by atoms with Crippen molar-refractivity contribution in [3.63, 3.8) is 0 Å². The van der Waals surface area contributed by atoms with Crippen molar-refractivity contribution in [3.05, 3.63) is 59.9 Å². The van der Waals surface area contributed by atoms with Gasteiger partial charge in [-0.2, -0.15) is 0 Å². The molecule has 0 aliphatic rings. The standard InChI is InChI=1S/C23H27N5O/c1-15(2)13-25-19-10-5-6-11-20(19)26-14-21-23(24)28-22(16(3)27-21)17-8-7-9-18(12-17)29-4/h5-12,14-15,25H,13H2,1-4H3,(H2,24,28). The third kappa shape index (κ3) is 5.10. The van der Waals surface area contributed by atoms with Gasteiger partial charge in [0.15, 0.2) is 5.82 Å². The van der Waals surface area contributed by atoms with Gasteiger partial charge >= 0.3 is 0 Å². The zero-order valence-electron chi connectivity index (χ0n) is 17.3. The van der Waals surface area contributed by atoms with E-state index in [1.807, 2.05) is 55.5 Å². The molecule has 1 heterocycles. The van der Waals surface area contributed by atoms with E-state index in [9.17, 15) is 0 Å². The molecule has 6 heteroatoms. The summed E-state index contributed by atoms with van der Waals surface area (Å²) in [6, 6.07) is 15.6. The second-order valence-corrected chi connectivity index (χ2v) is 7.21. The number of ether oxygens (including phenoxy) is 1. The first-order chi connectivity index (χ1) is 14.0. The van der Waals surface area contributed by atoms with Crippen LogP contribution in [0, 0.1) is 12.8 Å². The van der Waals surface area contributed by atoms with Crippen LogP contribution in [0.4, 0.5) is 17.2 Å². The highest BCUT2D eigenvalue weighted by Gasteiger charge is 2.11. The van der Waals surface area contributed by atoms with Crippen LogP contribution in [-0.2, 0) is 0 Å². The van der Waals surface area contributed by atoms with Crippen LogP contribution in [0.15, 0.2) is 53.5 Å². The van der Waals surface area contributed by atoms with E-state index in [0.717, 1.165) is 40.6 Å². The zero-order chi connectivity index (χ0) is 20.8. The SMILES string of the molecule is COc1cccc(-c2nc(N)c(C=Nc3ccccc3NCC(C)C)nc2C)c1. The number of methoxy groups -OCH3 is 1. The number of anilines is 2. The summed E-state index contributed by atoms with van der Waals surface area (Å²) in [6.07, 6.45) is 1.67. The van der Waals surface area contributed by atoms with Crippen molar-refractivity contribution in [1.82, 2.24) is 9.97 Å². The van der Waals surface area contributed by atoms with Gasteiger partial charge in [0.2, 0.25) is 0 Å². The quantitative estimate of drug-likeness (QED) is 0.564. The molecule has 29 heavy (non-hydrogen) atoms. The normalized spacial score (nSPS) is 11.2. The van der Waals surface area contributed by atoms with Crippen molar-refractivity contribution >= 4 is 23.4 Å². The fourth-order valence-corrected chi connectivity index (χ4v) is 2.87. The molecular formula is C23H27N5O. The first-order valence-corrected chi connectivity index (χ1v) is 9.63. The maximum absolute atomic E-state index is 6.19. The summed E-state index contributed by atoms with van der Waals surface area (Å²) < 4.78 is 5.30. The highest BCUT2D eigenvalue weighted by atomic mass is 16.5. The molecule has 0 bridgehead atoms. The summed E-state index contributed by atoms with van der Waals surface area (Å²) in [6.45, 7) is 7.13. The van der Waals surface area contributed by atoms with Crippen molar-refractivity contribution in [2.75, 3.05) is 24.7 Å². The van der Waals surface area contributed by atoms with Crippen LogP contribution < -0.4 is 15.8 Å². The number of benzene rings is 2. The molecule has 0 aliphatic heterocycles. The van der Waals surface area contributed by atoms with E-state index in [0.29, 0.717) is 17.4 Å². The smallest absolute Gasteiger partial charge is 0.151 e. The number of nitrogens with one attached hydrogen (secondary N) is 1. The van der Waals surface area contributed by atoms with Gasteiger partial charge in [0.25, 0.3) is 0 Å². The monoisotopic (exact) mass is 389 g/mol. The van der Waals surface area contributed by atoms with E-state index in [2.05, 4.69) is 34.1 Å². The van der Waals surface area contributed by atoms with E-state index in [1.165, 1.54) is 0 Å². The number of hydrogen-bond donors (Lipinski definition) is 2. The Morgan fingerprint density at radius 1 is 1.14 bits per heavy atom. The summed E-state index contributed by atoms with van der Waals surface area (Å²) in [5.74, 6) is 1.64. The van der Waals surface area contributed by atoms with Crippen molar-refractivity contribution in [2.24, 2.45) is 10.9 Å². The number of nitrogen functional groups attached to an aromatic ring is 1. The van der Waals surface area contributed by atoms with Crippen LogP contribution in [0.1, 0.15) is 25.2 Å². The van der Waals surface area contributed by atoms with E-state index < -0.39 is 0 Å². The van der Waals surface area contributed by atoms with Crippen molar-refractivity contribution in [3.8, 4) is 17.0 Å². The van der Waals surface area contributed by atoms with Crippen LogP contribution in [0.2, 0.25) is 0 Å². The van der Waals surface area contributed by atoms with Crippen LogP contribution in [0.3, 0.4) is 0 Å². The lowest BCUT2D eigenvalue weighted by Gasteiger charge is -2.11. The van der Waals surface area contributed by atoms with Crippen LogP contribution in [0.25, 0.3) is 11.3 Å². The second-order valence-electron chi connectivity index (χ2n) is 7.21. The highest BCUT2D eigenvalue weighted by molar-refractivity contribution is 5.87. The minimum Gasteiger partial charge on any atom is -0.497 e. The molecule has 0 amide bonds. The third-order valence-corrected chi connectivity index (χ3v) is 4.40. The minimum atomic E-state index is 0.338. The molecule has 6 nitrogen and oxygen atoms in total. The summed E-state index contributed by atoms with van der Waals surface area (Å²) >= 11 is 0. The number of aliphatic imine (C=N–C) groups is 1. The lowest BCUT2D eigenvalue weighted by atomic mass is 10.1. The van der Waals surface area contributed by atoms with Gasteiger partial charge < -0.3 is 15.8 Å². The van der Waals surface area contributed by atoms with Crippen molar-refractivity contribution < 1.29 is 4.74 Å². The van der Waals surface area contributed by atoms with E-state index in [1.54, 1.807) is 13.3 Å². The van der Waals surface area contributed by atoms with Gasteiger partial charge in [0, 0.05) is 12.1 Å². The average molecular weight is 390 g/mol. The molecule has 0 spiro atoms. The fraction of sp³-hybridized carbons (Fsp3) is 0.261. The van der Waals surface area contributed by atoms with Crippen LogP contribution in [-0.4, -0.2) is 29.8 Å². The number of rotatable bonds is 7. The highest BCUT2D eigenvalue weighted by Crippen LogP contribution is 2.27. The van der Waals surface area contributed by atoms with Gasteiger partial charge in [0.1, 0.15) is 11.4 Å². The molecule has 0 saturated carbocycles. The second kappa shape index (κ2) is 9.19. The number of nitrogens with two attached hydrogens (primary N) is 1. The number of aryl methyl sites for hydroxylation is 1. The van der Waals surface area contributed by atoms with Crippen molar-refractivity contribution in [2.45, 2.75) is 20.8 Å². The molecule has 3 aromatic rings. The van der Waals surface area contributed by atoms with Gasteiger partial charge in [-0.3, -0.25) is 4.99 Å². The Bertz CT molecular complexity index is 1010. The first-order valence-electron chi connectivity index (χ1n) is 9.63. The molecular weight excluding hydrogens is 362 g/mol. The molecule has 0 fully saturated rings. The zero-order valence-corrected chi connectivity index (χ0v) is 17.3. The largest absolute Gasteiger partial charge is 0.497 e. The molecule has 3 N–H and O–H groups in total. The van der Waals surface area contributed by atoms with Crippen molar-refractivity contribution in [1.29, 1.82) is 0 Å². The Labute approximate surface area is 171 Å². The molecule has 0 aliphatic carbocycles. The van der Waals surface area contributed by atoms with Crippen LogP contribution >= 0.6 is 0 Å². The Morgan fingerprint density at radius 3 is 2.69 bits per heavy atom. The van der Waals surface area contributed by atoms with E-state index in [-0.39, 0.29) is 0 Å². The molecule has 3 rings (SSSR count). The lowest BCUT2D eigenvalue weighted by molar-refractivity contribution is 0.415. The maximum Gasteiger partial charge on any atom is 0.151 e. The molecule has 0 saturated heterocycles. The summed E-state index contributed by atoms with van der Waals surface area (Å²) in [4.78, 5) is 13.8. The minimum absolute atomic E-state index is 0.338. The number of aromatic nitrogens is 2. The average Bonchev–Trinajstić information content (AvgIpc) is 2.73. The Morgan fingerprint density at radius 2 is 1.93 bits per heavy atom. The predicted octanol–water partition coefficient (Wildman–Crippen LogP) is 4.86. The molecule has 0 unspecified atom stereocenters. The topological polar surface area (TPSA) is 85.4 Å². The predicted molar refractivity (Wildman–Crippen MR) is 120 cm³/mol. The Hall–Kier alpha value is -3.41. The van der Waals surface area contributed by atoms with Gasteiger partial charge in [-0.1, -0.05) is 38.1 Å². The summed E-state index contributed by atoms with van der Waals surface area (Å²) in [5.41, 5.74) is 11.0. The van der Waals surface area contributed by atoms with E-state index >= 15 is 0 Å². The third-order valence-electron chi connectivity index (χ3n) is 4.40. The number of nitrogens with zero attached hydrogens (tertiary/aromatic N) is 3. The van der Waals surface area contributed by atoms with Gasteiger partial charge in [-0.05, 0) is 37.1 Å². The Balaban J connectivity index is 1.88. The lowest BCUT2D eigenvalue weighted by Crippen LogP contribution is -2.08. The first kappa shape index (κ1) is 20.3. The molecule has 150 valence electrons. The van der Waals surface area contributed by atoms with E-state index in [4.69, 9.17) is 10.5 Å². The maximum atomic E-state index is 6.19. The Kier molecular flexibility index (Phi) is 6.44. The molecule has 1 aromatic heterocycles. The number of hydrogen-bond acceptors (Lipinski definition) is 6. The number of para-hydroxylation sites is 2. The molecule has 0 atom stereocenters.